The monoisotopic (exact) mass is 451 g/mol. The minimum absolute atomic E-state index is 0.00607. The molecular formula is C26H33N3O4. The first-order valence-electron chi connectivity index (χ1n) is 13.0. The molecule has 8 fully saturated rings. The molecule has 7 heteroatoms. The number of rotatable bonds is 4. The van der Waals surface area contributed by atoms with Gasteiger partial charge in [0.15, 0.2) is 5.69 Å². The Bertz CT molecular complexity index is 956. The molecule has 8 bridgehead atoms. The minimum atomic E-state index is -0.540. The minimum Gasteiger partial charge on any atom is -0.404 e. The van der Waals surface area contributed by atoms with Gasteiger partial charge in [-0.1, -0.05) is 0 Å². The summed E-state index contributed by atoms with van der Waals surface area (Å²) < 4.78 is 5.77. The Labute approximate surface area is 193 Å². The second-order valence-corrected chi connectivity index (χ2v) is 12.7. The van der Waals surface area contributed by atoms with Crippen molar-refractivity contribution in [3.8, 4) is 5.88 Å². The Balaban J connectivity index is 1.06. The SMILES string of the molecule is O=C(NC(=O)C12CC3CC(CC(C3)C1)C2)c1[nH]cnc1OC(=O)C12CC3CC(CC(C3)C1)C2. The highest BCUT2D eigenvalue weighted by molar-refractivity contribution is 6.06. The van der Waals surface area contributed by atoms with Crippen molar-refractivity contribution in [2.75, 3.05) is 0 Å². The van der Waals surface area contributed by atoms with Gasteiger partial charge in [0.1, 0.15) is 0 Å². The van der Waals surface area contributed by atoms with Crippen molar-refractivity contribution in [2.45, 2.75) is 77.0 Å². The van der Waals surface area contributed by atoms with Crippen LogP contribution in [-0.2, 0) is 9.59 Å². The maximum Gasteiger partial charge on any atom is 0.318 e. The molecule has 0 spiro atoms. The fraction of sp³-hybridized carbons (Fsp3) is 0.769. The number of aromatic nitrogens is 2. The van der Waals surface area contributed by atoms with E-state index < -0.39 is 16.7 Å². The summed E-state index contributed by atoms with van der Waals surface area (Å²) >= 11 is 0. The molecule has 0 unspecified atom stereocenters. The van der Waals surface area contributed by atoms with Gasteiger partial charge >= 0.3 is 5.97 Å². The number of imide groups is 1. The van der Waals surface area contributed by atoms with Crippen molar-refractivity contribution in [1.82, 2.24) is 15.3 Å². The number of nitrogens with one attached hydrogen (secondary N) is 2. The molecule has 2 amide bonds. The number of ether oxygens (including phenoxy) is 1. The highest BCUT2D eigenvalue weighted by Gasteiger charge is 2.57. The smallest absolute Gasteiger partial charge is 0.318 e. The summed E-state index contributed by atoms with van der Waals surface area (Å²) in [6.45, 7) is 0. The molecule has 1 heterocycles. The van der Waals surface area contributed by atoms with E-state index in [9.17, 15) is 14.4 Å². The van der Waals surface area contributed by atoms with Crippen LogP contribution in [0.25, 0.3) is 0 Å². The normalized spacial score (nSPS) is 44.1. The number of aromatic amines is 1. The zero-order chi connectivity index (χ0) is 22.4. The molecule has 0 aromatic carbocycles. The van der Waals surface area contributed by atoms with Crippen LogP contribution >= 0.6 is 0 Å². The molecule has 8 saturated carbocycles. The maximum atomic E-state index is 13.3. The van der Waals surface area contributed by atoms with Gasteiger partial charge in [0.25, 0.3) is 11.8 Å². The van der Waals surface area contributed by atoms with Gasteiger partial charge in [0.05, 0.1) is 17.2 Å². The van der Waals surface area contributed by atoms with Gasteiger partial charge in [-0.05, 0) is 113 Å². The van der Waals surface area contributed by atoms with Crippen LogP contribution in [0.2, 0.25) is 0 Å². The number of amides is 2. The van der Waals surface area contributed by atoms with E-state index in [2.05, 4.69) is 15.3 Å². The van der Waals surface area contributed by atoms with Crippen LogP contribution < -0.4 is 10.1 Å². The standard InChI is InChI=1S/C26H33N3O4/c30-21(29-23(31)25-7-14-1-15(8-25)3-16(2-14)9-25)20-22(28-13-27-20)33-24(32)26-10-17-4-18(11-26)6-19(5-17)12-26/h13-19H,1-12H2,(H,27,28)(H,29,30,31). The summed E-state index contributed by atoms with van der Waals surface area (Å²) in [5.74, 6) is 2.84. The molecule has 8 aliphatic rings. The Kier molecular flexibility index (Phi) is 4.24. The van der Waals surface area contributed by atoms with E-state index in [4.69, 9.17) is 4.74 Å². The van der Waals surface area contributed by atoms with Crippen LogP contribution in [0.15, 0.2) is 6.33 Å². The molecule has 176 valence electrons. The lowest BCUT2D eigenvalue weighted by atomic mass is 9.49. The highest BCUT2D eigenvalue weighted by atomic mass is 16.5. The molecule has 7 nitrogen and oxygen atoms in total. The molecule has 0 aliphatic heterocycles. The van der Waals surface area contributed by atoms with Crippen LogP contribution in [0.1, 0.15) is 87.5 Å². The quantitative estimate of drug-likeness (QED) is 0.532. The van der Waals surface area contributed by atoms with Crippen molar-refractivity contribution < 1.29 is 19.1 Å². The second kappa shape index (κ2) is 6.92. The van der Waals surface area contributed by atoms with E-state index in [1.54, 1.807) is 0 Å². The Morgan fingerprint density at radius 2 is 1.24 bits per heavy atom. The van der Waals surface area contributed by atoms with E-state index in [-0.39, 0.29) is 23.5 Å². The molecule has 9 rings (SSSR count). The third-order valence-corrected chi connectivity index (χ3v) is 10.2. The third-order valence-electron chi connectivity index (χ3n) is 10.2. The van der Waals surface area contributed by atoms with E-state index in [0.717, 1.165) is 38.5 Å². The topological polar surface area (TPSA) is 101 Å². The lowest BCUT2D eigenvalue weighted by Gasteiger charge is -2.55. The zero-order valence-electron chi connectivity index (χ0n) is 19.1. The van der Waals surface area contributed by atoms with E-state index in [0.29, 0.717) is 35.5 Å². The van der Waals surface area contributed by atoms with E-state index in [1.165, 1.54) is 44.9 Å². The molecule has 1 aromatic heterocycles. The van der Waals surface area contributed by atoms with Crippen molar-refractivity contribution in [3.05, 3.63) is 12.0 Å². The van der Waals surface area contributed by atoms with Crippen LogP contribution in [0.5, 0.6) is 5.88 Å². The third kappa shape index (κ3) is 3.13. The van der Waals surface area contributed by atoms with Gasteiger partial charge in [0.2, 0.25) is 5.91 Å². The molecule has 0 atom stereocenters. The Morgan fingerprint density at radius 3 is 1.73 bits per heavy atom. The van der Waals surface area contributed by atoms with Gasteiger partial charge < -0.3 is 9.72 Å². The van der Waals surface area contributed by atoms with Crippen LogP contribution in [0.3, 0.4) is 0 Å². The predicted octanol–water partition coefficient (Wildman–Crippen LogP) is 4.00. The zero-order valence-corrected chi connectivity index (χ0v) is 19.1. The number of nitrogens with zero attached hydrogens (tertiary/aromatic N) is 1. The summed E-state index contributed by atoms with van der Waals surface area (Å²) in [7, 11) is 0. The number of hydrogen-bond donors (Lipinski definition) is 2. The Morgan fingerprint density at radius 1 is 0.788 bits per heavy atom. The highest BCUT2D eigenvalue weighted by Crippen LogP contribution is 2.61. The summed E-state index contributed by atoms with van der Waals surface area (Å²) in [6.07, 6.45) is 14.2. The summed E-state index contributed by atoms with van der Waals surface area (Å²) in [6, 6.07) is 0. The molecule has 2 N–H and O–H groups in total. The number of esters is 1. The Hall–Kier alpha value is -2.18. The van der Waals surface area contributed by atoms with E-state index >= 15 is 0 Å². The number of carbonyl (C=O) groups is 3. The number of H-pyrrole nitrogens is 1. The van der Waals surface area contributed by atoms with Gasteiger partial charge in [-0.25, -0.2) is 4.98 Å². The molecule has 33 heavy (non-hydrogen) atoms. The second-order valence-electron chi connectivity index (χ2n) is 12.7. The first kappa shape index (κ1) is 20.2. The summed E-state index contributed by atoms with van der Waals surface area (Å²) in [4.78, 5) is 46.6. The van der Waals surface area contributed by atoms with Crippen LogP contribution in [0.4, 0.5) is 0 Å². The summed E-state index contributed by atoms with van der Waals surface area (Å²) in [5.41, 5.74) is -0.747. The van der Waals surface area contributed by atoms with Gasteiger partial charge in [0, 0.05) is 0 Å². The molecule has 1 aromatic rings. The number of imidazole rings is 1. The molecule has 0 saturated heterocycles. The molecular weight excluding hydrogens is 418 g/mol. The average Bonchev–Trinajstić information content (AvgIpc) is 3.20. The first-order valence-corrected chi connectivity index (χ1v) is 13.0. The summed E-state index contributed by atoms with van der Waals surface area (Å²) in [5, 5.41) is 2.65. The van der Waals surface area contributed by atoms with Gasteiger partial charge in [-0.2, -0.15) is 0 Å². The van der Waals surface area contributed by atoms with E-state index in [1.807, 2.05) is 0 Å². The average molecular weight is 452 g/mol. The van der Waals surface area contributed by atoms with Gasteiger partial charge in [-0.15, -0.1) is 0 Å². The largest absolute Gasteiger partial charge is 0.404 e. The predicted molar refractivity (Wildman–Crippen MR) is 118 cm³/mol. The number of carbonyl (C=O) groups excluding carboxylic acids is 3. The van der Waals surface area contributed by atoms with Crippen molar-refractivity contribution in [3.63, 3.8) is 0 Å². The molecule has 0 radical (unpaired) electrons. The first-order chi connectivity index (χ1) is 15.9. The van der Waals surface area contributed by atoms with Gasteiger partial charge in [-0.3, -0.25) is 19.7 Å². The number of hydrogen-bond acceptors (Lipinski definition) is 5. The van der Waals surface area contributed by atoms with Crippen LogP contribution in [-0.4, -0.2) is 27.8 Å². The van der Waals surface area contributed by atoms with Crippen molar-refractivity contribution >= 4 is 17.8 Å². The fourth-order valence-corrected chi connectivity index (χ4v) is 9.77. The van der Waals surface area contributed by atoms with Crippen molar-refractivity contribution in [2.24, 2.45) is 46.3 Å². The molecule has 8 aliphatic carbocycles. The van der Waals surface area contributed by atoms with Crippen molar-refractivity contribution in [1.29, 1.82) is 0 Å². The van der Waals surface area contributed by atoms with Crippen LogP contribution in [0, 0.1) is 46.3 Å². The maximum absolute atomic E-state index is 13.3. The lowest BCUT2D eigenvalue weighted by molar-refractivity contribution is -0.161. The fourth-order valence-electron chi connectivity index (χ4n) is 9.77. The lowest BCUT2D eigenvalue weighted by Crippen LogP contribution is -2.54.